The van der Waals surface area contributed by atoms with Crippen molar-refractivity contribution >= 4 is 10.1 Å². The molecule has 0 bridgehead atoms. The van der Waals surface area contributed by atoms with E-state index in [1.54, 1.807) is 11.8 Å². The molecule has 34 heavy (non-hydrogen) atoms. The largest absolute Gasteiger partial charge is 0.505 e. The molecule has 0 radical (unpaired) electrons. The first kappa shape index (κ1) is 28.0. The first-order valence-electron chi connectivity index (χ1n) is 10.3. The Morgan fingerprint density at radius 3 is 2.15 bits per heavy atom. The summed E-state index contributed by atoms with van der Waals surface area (Å²) in [6.45, 7) is 2.13. The van der Waals surface area contributed by atoms with E-state index in [9.17, 15) is 41.3 Å². The second-order valence-corrected chi connectivity index (χ2v) is 9.65. The van der Waals surface area contributed by atoms with Crippen molar-refractivity contribution < 1.29 is 45.9 Å². The summed E-state index contributed by atoms with van der Waals surface area (Å²) in [5, 5.41) is 30.4. The van der Waals surface area contributed by atoms with Crippen LogP contribution in [0, 0.1) is 5.82 Å². The molecular weight excluding hydrogens is 482 g/mol. The van der Waals surface area contributed by atoms with Gasteiger partial charge in [-0.2, -0.15) is 21.6 Å². The van der Waals surface area contributed by atoms with Crippen molar-refractivity contribution in [1.82, 2.24) is 4.90 Å². The molecule has 0 aromatic heterocycles. The van der Waals surface area contributed by atoms with Gasteiger partial charge in [-0.05, 0) is 61.1 Å². The molecule has 2 aromatic rings. The highest BCUT2D eigenvalue weighted by Crippen LogP contribution is 2.36. The molecule has 190 valence electrons. The predicted molar refractivity (Wildman–Crippen MR) is 116 cm³/mol. The van der Waals surface area contributed by atoms with E-state index in [-0.39, 0.29) is 11.5 Å². The monoisotopic (exact) mass is 509 g/mol. The Balaban J connectivity index is 0.000000739. The lowest BCUT2D eigenvalue weighted by Crippen LogP contribution is -2.49. The Morgan fingerprint density at radius 1 is 1.12 bits per heavy atom. The standard InChI is InChI=1S/C21H23F4NO3.CH4O3S/c1-12(20(29)15-4-7-18(27)17(22)10-15)26-9-8-14(11-19(26)28)13-2-5-16(6-3-13)21(23,24)25;1-5(2,3)4/h2-7,10,12,14,19-20,27-29H,8-9,11H2,1H3;1H3,(H,2,3,4). The van der Waals surface area contributed by atoms with E-state index >= 15 is 0 Å². The molecule has 12 heteroatoms. The van der Waals surface area contributed by atoms with Crippen molar-refractivity contribution in [3.05, 3.63) is 65.0 Å². The van der Waals surface area contributed by atoms with Crippen LogP contribution in [0.2, 0.25) is 0 Å². The van der Waals surface area contributed by atoms with Gasteiger partial charge in [0.2, 0.25) is 0 Å². The first-order valence-corrected chi connectivity index (χ1v) is 12.1. The third-order valence-corrected chi connectivity index (χ3v) is 5.62. The van der Waals surface area contributed by atoms with Crippen LogP contribution in [0.1, 0.15) is 48.5 Å². The van der Waals surface area contributed by atoms with Crippen LogP contribution in [0.4, 0.5) is 17.6 Å². The molecular formula is C22H27F4NO6S. The minimum absolute atomic E-state index is 0.0982. The van der Waals surface area contributed by atoms with Gasteiger partial charge >= 0.3 is 6.18 Å². The highest BCUT2D eigenvalue weighted by atomic mass is 32.2. The quantitative estimate of drug-likeness (QED) is 0.367. The third kappa shape index (κ3) is 7.91. The number of piperidine rings is 1. The molecule has 1 fully saturated rings. The van der Waals surface area contributed by atoms with Gasteiger partial charge in [-0.15, -0.1) is 0 Å². The number of hydrogen-bond donors (Lipinski definition) is 4. The summed E-state index contributed by atoms with van der Waals surface area (Å²) >= 11 is 0. The lowest BCUT2D eigenvalue weighted by molar-refractivity contribution is -0.137. The minimum Gasteiger partial charge on any atom is -0.505 e. The number of halogens is 4. The maximum Gasteiger partial charge on any atom is 0.416 e. The Kier molecular flexibility index (Phi) is 9.05. The minimum atomic E-state index is -4.39. The summed E-state index contributed by atoms with van der Waals surface area (Å²) in [5.41, 5.74) is 0.299. The van der Waals surface area contributed by atoms with Gasteiger partial charge in [0.05, 0.1) is 17.9 Å². The smallest absolute Gasteiger partial charge is 0.416 e. The lowest BCUT2D eigenvalue weighted by atomic mass is 9.87. The van der Waals surface area contributed by atoms with Crippen LogP contribution in [0.3, 0.4) is 0 Å². The van der Waals surface area contributed by atoms with Gasteiger partial charge in [0.15, 0.2) is 11.6 Å². The zero-order valence-corrected chi connectivity index (χ0v) is 19.3. The number of phenols is 1. The van der Waals surface area contributed by atoms with Crippen LogP contribution < -0.4 is 0 Å². The maximum absolute atomic E-state index is 13.6. The fourth-order valence-corrected chi connectivity index (χ4v) is 3.85. The summed E-state index contributed by atoms with van der Waals surface area (Å²) in [4.78, 5) is 1.69. The fourth-order valence-electron chi connectivity index (χ4n) is 3.85. The number of alkyl halides is 3. The first-order chi connectivity index (χ1) is 15.6. The van der Waals surface area contributed by atoms with Gasteiger partial charge in [-0.1, -0.05) is 18.2 Å². The van der Waals surface area contributed by atoms with Gasteiger partial charge in [0.25, 0.3) is 10.1 Å². The number of likely N-dealkylation sites (tertiary alicyclic amines) is 1. The van der Waals surface area contributed by atoms with Crippen molar-refractivity contribution in [2.75, 3.05) is 12.8 Å². The van der Waals surface area contributed by atoms with Crippen LogP contribution in [0.25, 0.3) is 0 Å². The summed E-state index contributed by atoms with van der Waals surface area (Å²) in [7, 11) is -3.67. The van der Waals surface area contributed by atoms with E-state index in [0.717, 1.165) is 29.8 Å². The molecule has 0 amide bonds. The van der Waals surface area contributed by atoms with Crippen molar-refractivity contribution in [2.45, 2.75) is 50.2 Å². The van der Waals surface area contributed by atoms with E-state index in [2.05, 4.69) is 0 Å². The highest BCUT2D eigenvalue weighted by molar-refractivity contribution is 7.85. The second kappa shape index (κ2) is 11.0. The maximum atomic E-state index is 13.6. The molecule has 2 aromatic carbocycles. The average molecular weight is 510 g/mol. The summed E-state index contributed by atoms with van der Waals surface area (Å²) in [5.74, 6) is -1.44. The number of hydrogen-bond acceptors (Lipinski definition) is 6. The Morgan fingerprint density at radius 2 is 1.68 bits per heavy atom. The molecule has 4 N–H and O–H groups in total. The molecule has 1 aliphatic heterocycles. The molecule has 0 spiro atoms. The van der Waals surface area contributed by atoms with Gasteiger partial charge in [0.1, 0.15) is 6.23 Å². The molecule has 0 aliphatic carbocycles. The number of nitrogens with zero attached hydrogens (tertiary/aromatic N) is 1. The summed E-state index contributed by atoms with van der Waals surface area (Å²) < 4.78 is 77.6. The van der Waals surface area contributed by atoms with E-state index in [1.165, 1.54) is 18.2 Å². The van der Waals surface area contributed by atoms with Crippen molar-refractivity contribution in [1.29, 1.82) is 0 Å². The lowest BCUT2D eigenvalue weighted by Gasteiger charge is -2.41. The number of aromatic hydroxyl groups is 1. The van der Waals surface area contributed by atoms with Crippen molar-refractivity contribution in [3.8, 4) is 5.75 Å². The van der Waals surface area contributed by atoms with E-state index in [0.29, 0.717) is 25.6 Å². The Bertz CT molecular complexity index is 1050. The Labute approximate surface area is 195 Å². The van der Waals surface area contributed by atoms with Gasteiger partial charge < -0.3 is 15.3 Å². The summed E-state index contributed by atoms with van der Waals surface area (Å²) in [6, 6.07) is 8.06. The van der Waals surface area contributed by atoms with E-state index in [4.69, 9.17) is 4.55 Å². The van der Waals surface area contributed by atoms with Gasteiger partial charge in [0, 0.05) is 12.6 Å². The second-order valence-electron chi connectivity index (χ2n) is 8.19. The molecule has 1 aliphatic rings. The topological polar surface area (TPSA) is 118 Å². The number of benzene rings is 2. The number of aliphatic hydroxyl groups is 2. The predicted octanol–water partition coefficient (Wildman–Crippen LogP) is 3.67. The van der Waals surface area contributed by atoms with Crippen LogP contribution in [0.5, 0.6) is 5.75 Å². The van der Waals surface area contributed by atoms with E-state index < -0.39 is 51.8 Å². The SMILES string of the molecule is CC(C(O)c1ccc(O)c(F)c1)N1CCC(c2ccc(C(F)(F)F)cc2)CC1O.CS(=O)(=O)O. The van der Waals surface area contributed by atoms with Crippen molar-refractivity contribution in [2.24, 2.45) is 0 Å². The zero-order valence-electron chi connectivity index (χ0n) is 18.4. The normalized spacial score (nSPS) is 21.3. The summed E-state index contributed by atoms with van der Waals surface area (Å²) in [6.07, 6.45) is -4.74. The molecule has 4 unspecified atom stereocenters. The van der Waals surface area contributed by atoms with Crippen molar-refractivity contribution in [3.63, 3.8) is 0 Å². The van der Waals surface area contributed by atoms with Crippen LogP contribution in [-0.2, 0) is 16.3 Å². The van der Waals surface area contributed by atoms with E-state index in [1.807, 2.05) is 0 Å². The Hall–Kier alpha value is -2.25. The molecule has 1 saturated heterocycles. The zero-order chi connectivity index (χ0) is 25.8. The molecule has 7 nitrogen and oxygen atoms in total. The molecule has 0 saturated carbocycles. The highest BCUT2D eigenvalue weighted by Gasteiger charge is 2.35. The van der Waals surface area contributed by atoms with Gasteiger partial charge in [-0.3, -0.25) is 9.45 Å². The number of rotatable bonds is 4. The third-order valence-electron chi connectivity index (χ3n) is 5.62. The molecule has 1 heterocycles. The molecule has 3 rings (SSSR count). The number of phenolic OH excluding ortho intramolecular Hbond substituents is 1. The fraction of sp³-hybridized carbons (Fsp3) is 0.455. The number of aliphatic hydroxyl groups excluding tert-OH is 2. The average Bonchev–Trinajstić information content (AvgIpc) is 2.73. The van der Waals surface area contributed by atoms with Crippen LogP contribution in [0.15, 0.2) is 42.5 Å². The van der Waals surface area contributed by atoms with Gasteiger partial charge in [-0.25, -0.2) is 4.39 Å². The van der Waals surface area contributed by atoms with Crippen LogP contribution in [-0.4, -0.2) is 58.3 Å². The van der Waals surface area contributed by atoms with Crippen LogP contribution >= 0.6 is 0 Å². The molecule has 4 atom stereocenters.